The van der Waals surface area contributed by atoms with Crippen molar-refractivity contribution in [3.63, 3.8) is 0 Å². The van der Waals surface area contributed by atoms with E-state index in [1.165, 1.54) is 42.9 Å². The van der Waals surface area contributed by atoms with E-state index in [-0.39, 0.29) is 0 Å². The zero-order valence-electron chi connectivity index (χ0n) is 12.5. The van der Waals surface area contributed by atoms with Gasteiger partial charge in [-0.05, 0) is 32.2 Å². The molecule has 1 fully saturated rings. The van der Waals surface area contributed by atoms with Gasteiger partial charge in [0.2, 0.25) is 0 Å². The summed E-state index contributed by atoms with van der Waals surface area (Å²) in [6, 6.07) is 0.729. The normalized spacial score (nSPS) is 16.4. The highest BCUT2D eigenvalue weighted by atomic mass is 32.1. The third kappa shape index (κ3) is 4.18. The largest absolute Gasteiger partial charge is 0.345 e. The molecule has 1 aromatic rings. The van der Waals surface area contributed by atoms with Gasteiger partial charge in [-0.1, -0.05) is 26.7 Å². The maximum absolute atomic E-state index is 4.80. The predicted molar refractivity (Wildman–Crippen MR) is 83.9 cm³/mol. The molecule has 0 atom stereocenters. The number of thiazole rings is 1. The topological polar surface area (TPSA) is 28.2 Å². The maximum Gasteiger partial charge on any atom is 0.185 e. The first-order valence-corrected chi connectivity index (χ1v) is 8.44. The highest BCUT2D eigenvalue weighted by Gasteiger charge is 2.24. The average Bonchev–Trinajstić information content (AvgIpc) is 3.01. The van der Waals surface area contributed by atoms with Gasteiger partial charge in [-0.25, -0.2) is 4.98 Å². The minimum absolute atomic E-state index is 0.729. The molecule has 1 heterocycles. The van der Waals surface area contributed by atoms with Gasteiger partial charge in [0.1, 0.15) is 0 Å². The highest BCUT2D eigenvalue weighted by molar-refractivity contribution is 7.13. The number of hydrogen-bond acceptors (Lipinski definition) is 4. The van der Waals surface area contributed by atoms with Gasteiger partial charge >= 0.3 is 0 Å². The summed E-state index contributed by atoms with van der Waals surface area (Å²) in [5.41, 5.74) is 1.18. The first-order chi connectivity index (χ1) is 9.20. The second-order valence-corrected chi connectivity index (χ2v) is 6.80. The fraction of sp³-hybridized carbons (Fsp3) is 0.800. The molecule has 0 unspecified atom stereocenters. The zero-order chi connectivity index (χ0) is 13.7. The molecule has 3 nitrogen and oxygen atoms in total. The third-order valence-electron chi connectivity index (χ3n) is 3.86. The van der Waals surface area contributed by atoms with Crippen molar-refractivity contribution in [3.8, 4) is 0 Å². The lowest BCUT2D eigenvalue weighted by atomic mass is 10.1. The number of aromatic nitrogens is 1. The molecular weight excluding hydrogens is 254 g/mol. The van der Waals surface area contributed by atoms with Crippen LogP contribution in [-0.2, 0) is 6.54 Å². The molecule has 19 heavy (non-hydrogen) atoms. The van der Waals surface area contributed by atoms with E-state index in [0.717, 1.165) is 25.0 Å². The summed E-state index contributed by atoms with van der Waals surface area (Å²) in [6.45, 7) is 6.65. The monoisotopic (exact) mass is 281 g/mol. The molecular formula is C15H27N3S. The SMILES string of the molecule is CNCc1csc(N(CCC(C)C)C2CCCC2)n1. The van der Waals surface area contributed by atoms with Gasteiger partial charge in [0.05, 0.1) is 5.69 Å². The second-order valence-electron chi connectivity index (χ2n) is 5.97. The van der Waals surface area contributed by atoms with Crippen molar-refractivity contribution >= 4 is 16.5 Å². The molecule has 0 radical (unpaired) electrons. The molecule has 1 aliphatic carbocycles. The smallest absolute Gasteiger partial charge is 0.185 e. The lowest BCUT2D eigenvalue weighted by Crippen LogP contribution is -2.34. The molecule has 2 rings (SSSR count). The van der Waals surface area contributed by atoms with Crippen LogP contribution in [0.15, 0.2) is 5.38 Å². The quantitative estimate of drug-likeness (QED) is 0.827. The van der Waals surface area contributed by atoms with Crippen LogP contribution in [0.25, 0.3) is 0 Å². The Balaban J connectivity index is 2.05. The molecule has 0 bridgehead atoms. The van der Waals surface area contributed by atoms with Crippen LogP contribution in [0.1, 0.15) is 51.6 Å². The molecule has 0 amide bonds. The van der Waals surface area contributed by atoms with Gasteiger partial charge in [0, 0.05) is 24.5 Å². The predicted octanol–water partition coefficient (Wildman–Crippen LogP) is 3.66. The second kappa shape index (κ2) is 7.25. The number of anilines is 1. The first-order valence-electron chi connectivity index (χ1n) is 7.56. The molecule has 1 aliphatic rings. The molecule has 0 aromatic carbocycles. The molecule has 1 aromatic heterocycles. The average molecular weight is 281 g/mol. The zero-order valence-corrected chi connectivity index (χ0v) is 13.3. The Morgan fingerprint density at radius 1 is 1.42 bits per heavy atom. The van der Waals surface area contributed by atoms with E-state index in [2.05, 4.69) is 29.4 Å². The van der Waals surface area contributed by atoms with Crippen molar-refractivity contribution in [3.05, 3.63) is 11.1 Å². The van der Waals surface area contributed by atoms with Gasteiger partial charge in [0.25, 0.3) is 0 Å². The van der Waals surface area contributed by atoms with Crippen molar-refractivity contribution in [1.29, 1.82) is 0 Å². The lowest BCUT2D eigenvalue weighted by molar-refractivity contribution is 0.527. The van der Waals surface area contributed by atoms with Crippen LogP contribution in [0.4, 0.5) is 5.13 Å². The summed E-state index contributed by atoms with van der Waals surface area (Å²) in [6.07, 6.45) is 6.73. The fourth-order valence-electron chi connectivity index (χ4n) is 2.74. The minimum atomic E-state index is 0.729. The van der Waals surface area contributed by atoms with Crippen LogP contribution >= 0.6 is 11.3 Å². The maximum atomic E-state index is 4.80. The summed E-state index contributed by atoms with van der Waals surface area (Å²) < 4.78 is 0. The lowest BCUT2D eigenvalue weighted by Gasteiger charge is -2.29. The first kappa shape index (κ1) is 14.8. The summed E-state index contributed by atoms with van der Waals surface area (Å²) in [5, 5.41) is 6.61. The molecule has 4 heteroatoms. The van der Waals surface area contributed by atoms with Crippen molar-refractivity contribution in [2.24, 2.45) is 5.92 Å². The Labute approximate surface area is 121 Å². The highest BCUT2D eigenvalue weighted by Crippen LogP contribution is 2.31. The van der Waals surface area contributed by atoms with Crippen LogP contribution in [0, 0.1) is 5.92 Å². The summed E-state index contributed by atoms with van der Waals surface area (Å²) in [7, 11) is 1.98. The van der Waals surface area contributed by atoms with Crippen LogP contribution in [0.5, 0.6) is 0 Å². The molecule has 0 spiro atoms. The molecule has 0 saturated heterocycles. The van der Waals surface area contributed by atoms with E-state index >= 15 is 0 Å². The van der Waals surface area contributed by atoms with Gasteiger partial charge in [-0.3, -0.25) is 0 Å². The van der Waals surface area contributed by atoms with Gasteiger partial charge in [-0.15, -0.1) is 11.3 Å². The van der Waals surface area contributed by atoms with E-state index in [0.29, 0.717) is 0 Å². The van der Waals surface area contributed by atoms with Crippen molar-refractivity contribution in [1.82, 2.24) is 10.3 Å². The summed E-state index contributed by atoms with van der Waals surface area (Å²) in [4.78, 5) is 7.38. The van der Waals surface area contributed by atoms with E-state index in [1.807, 2.05) is 18.4 Å². The minimum Gasteiger partial charge on any atom is -0.345 e. The summed E-state index contributed by atoms with van der Waals surface area (Å²) >= 11 is 1.81. The van der Waals surface area contributed by atoms with Gasteiger partial charge in [-0.2, -0.15) is 0 Å². The number of hydrogen-bond donors (Lipinski definition) is 1. The molecule has 108 valence electrons. The van der Waals surface area contributed by atoms with E-state index < -0.39 is 0 Å². The number of nitrogens with zero attached hydrogens (tertiary/aromatic N) is 2. The van der Waals surface area contributed by atoms with Crippen molar-refractivity contribution in [2.75, 3.05) is 18.5 Å². The van der Waals surface area contributed by atoms with Crippen molar-refractivity contribution in [2.45, 2.75) is 58.5 Å². The summed E-state index contributed by atoms with van der Waals surface area (Å²) in [5.74, 6) is 0.764. The Kier molecular flexibility index (Phi) is 5.64. The standard InChI is InChI=1S/C15H27N3S/c1-12(2)8-9-18(14-6-4-5-7-14)15-17-13(10-16-3)11-19-15/h11-12,14,16H,4-10H2,1-3H3. The van der Waals surface area contributed by atoms with E-state index in [4.69, 9.17) is 4.98 Å². The van der Waals surface area contributed by atoms with Gasteiger partial charge in [0.15, 0.2) is 5.13 Å². The van der Waals surface area contributed by atoms with Crippen molar-refractivity contribution < 1.29 is 0 Å². The number of nitrogens with one attached hydrogen (secondary N) is 1. The molecule has 1 N–H and O–H groups in total. The van der Waals surface area contributed by atoms with E-state index in [1.54, 1.807) is 0 Å². The molecule has 1 saturated carbocycles. The van der Waals surface area contributed by atoms with Crippen LogP contribution in [0.3, 0.4) is 0 Å². The van der Waals surface area contributed by atoms with Crippen LogP contribution < -0.4 is 10.2 Å². The Morgan fingerprint density at radius 3 is 2.79 bits per heavy atom. The Bertz CT molecular complexity index is 369. The van der Waals surface area contributed by atoms with E-state index in [9.17, 15) is 0 Å². The third-order valence-corrected chi connectivity index (χ3v) is 4.78. The number of rotatable bonds is 7. The Hall–Kier alpha value is -0.610. The molecule has 0 aliphatic heterocycles. The van der Waals surface area contributed by atoms with Gasteiger partial charge < -0.3 is 10.2 Å². The van der Waals surface area contributed by atoms with Crippen LogP contribution in [-0.4, -0.2) is 24.6 Å². The Morgan fingerprint density at radius 2 is 2.16 bits per heavy atom. The fourth-order valence-corrected chi connectivity index (χ4v) is 3.66. The van der Waals surface area contributed by atoms with Crippen LogP contribution in [0.2, 0.25) is 0 Å².